The molecule has 0 spiro atoms. The van der Waals surface area contributed by atoms with Crippen LogP contribution in [-0.4, -0.2) is 31.7 Å². The average molecular weight is 406 g/mol. The van der Waals surface area contributed by atoms with Gasteiger partial charge in [0.25, 0.3) is 5.56 Å². The summed E-state index contributed by atoms with van der Waals surface area (Å²) in [7, 11) is 4.51. The van der Waals surface area contributed by atoms with Crippen LogP contribution in [0.5, 0.6) is 5.75 Å². The second kappa shape index (κ2) is 7.89. The highest BCUT2D eigenvalue weighted by Gasteiger charge is 2.14. The number of carbonyl (C=O) groups is 1. The van der Waals surface area contributed by atoms with Crippen LogP contribution >= 0.6 is 11.6 Å². The van der Waals surface area contributed by atoms with Crippen molar-refractivity contribution in [1.29, 1.82) is 0 Å². The highest BCUT2D eigenvalue weighted by atomic mass is 35.5. The van der Waals surface area contributed by atoms with Gasteiger partial charge in [0.1, 0.15) is 5.75 Å². The average Bonchev–Trinajstić information content (AvgIpc) is 3.09. The van der Waals surface area contributed by atoms with E-state index in [-0.39, 0.29) is 12.3 Å². The van der Waals surface area contributed by atoms with Crippen molar-refractivity contribution in [2.45, 2.75) is 19.4 Å². The van der Waals surface area contributed by atoms with Crippen molar-refractivity contribution in [2.24, 2.45) is 14.1 Å². The molecule has 1 N–H and O–H groups in total. The van der Waals surface area contributed by atoms with E-state index in [1.54, 1.807) is 29.8 Å². The number of methoxy groups -OCH3 is 1. The third kappa shape index (κ3) is 3.65. The maximum Gasteiger partial charge on any atom is 0.332 e. The molecule has 0 radical (unpaired) electrons. The summed E-state index contributed by atoms with van der Waals surface area (Å²) in [6.45, 7) is 0.417. The maximum absolute atomic E-state index is 12.4. The predicted octanol–water partition coefficient (Wildman–Crippen LogP) is 1.51. The Hall–Kier alpha value is -3.07. The fourth-order valence-electron chi connectivity index (χ4n) is 2.94. The van der Waals surface area contributed by atoms with Crippen LogP contribution in [0, 0.1) is 0 Å². The molecule has 3 aromatic rings. The highest BCUT2D eigenvalue weighted by molar-refractivity contribution is 6.32. The molecule has 0 saturated carbocycles. The molecule has 0 atom stereocenters. The molecule has 0 saturated heterocycles. The minimum atomic E-state index is -0.430. The standard InChI is InChI=1S/C18H20ClN5O4/c1-22-16-15(17(26)23(2)18(22)27)24(10-20-16)8-4-5-14(25)21-11-6-7-13(28-3)12(19)9-11/h6-7,9-10H,4-5,8H2,1-3H3,(H,21,25). The molecule has 1 amide bonds. The van der Waals surface area contributed by atoms with Crippen LogP contribution in [0.3, 0.4) is 0 Å². The van der Waals surface area contributed by atoms with Gasteiger partial charge in [0.2, 0.25) is 5.91 Å². The van der Waals surface area contributed by atoms with Crippen LogP contribution in [0.25, 0.3) is 11.2 Å². The zero-order valence-corrected chi connectivity index (χ0v) is 16.5. The molecule has 10 heteroatoms. The lowest BCUT2D eigenvalue weighted by atomic mass is 10.2. The van der Waals surface area contributed by atoms with E-state index in [9.17, 15) is 14.4 Å². The Morgan fingerprint density at radius 3 is 2.68 bits per heavy atom. The van der Waals surface area contributed by atoms with Crippen molar-refractivity contribution in [3.63, 3.8) is 0 Å². The second-order valence-electron chi connectivity index (χ2n) is 6.32. The number of imidazole rings is 1. The van der Waals surface area contributed by atoms with E-state index < -0.39 is 11.2 Å². The minimum absolute atomic E-state index is 0.175. The van der Waals surface area contributed by atoms with Crippen LogP contribution in [0.4, 0.5) is 5.69 Å². The molecule has 148 valence electrons. The number of hydrogen-bond acceptors (Lipinski definition) is 5. The number of fused-ring (bicyclic) bond motifs is 1. The largest absolute Gasteiger partial charge is 0.495 e. The molecule has 2 aromatic heterocycles. The first-order chi connectivity index (χ1) is 13.3. The van der Waals surface area contributed by atoms with Crippen molar-refractivity contribution in [3.8, 4) is 5.75 Å². The van der Waals surface area contributed by atoms with Gasteiger partial charge in [0, 0.05) is 32.7 Å². The third-order valence-corrected chi connectivity index (χ3v) is 4.75. The summed E-state index contributed by atoms with van der Waals surface area (Å²) < 4.78 is 9.11. The number of halogens is 1. The minimum Gasteiger partial charge on any atom is -0.495 e. The molecule has 0 aliphatic rings. The van der Waals surface area contributed by atoms with Gasteiger partial charge in [-0.3, -0.25) is 18.7 Å². The molecule has 0 aliphatic heterocycles. The molecule has 0 unspecified atom stereocenters. The molecule has 2 heterocycles. The summed E-state index contributed by atoms with van der Waals surface area (Å²) in [6, 6.07) is 5.00. The number of aromatic nitrogens is 4. The molecule has 0 bridgehead atoms. The smallest absolute Gasteiger partial charge is 0.332 e. The Morgan fingerprint density at radius 2 is 2.00 bits per heavy atom. The van der Waals surface area contributed by atoms with Crippen LogP contribution in [-0.2, 0) is 25.4 Å². The molecule has 28 heavy (non-hydrogen) atoms. The number of rotatable bonds is 6. The van der Waals surface area contributed by atoms with Crippen molar-refractivity contribution in [1.82, 2.24) is 18.7 Å². The number of carbonyl (C=O) groups excluding carboxylic acids is 1. The summed E-state index contributed by atoms with van der Waals surface area (Å²) in [5, 5.41) is 3.18. The fraction of sp³-hybridized carbons (Fsp3) is 0.333. The highest BCUT2D eigenvalue weighted by Crippen LogP contribution is 2.27. The van der Waals surface area contributed by atoms with Gasteiger partial charge >= 0.3 is 5.69 Å². The molecule has 0 aliphatic carbocycles. The summed E-state index contributed by atoms with van der Waals surface area (Å²) >= 11 is 6.05. The lowest BCUT2D eigenvalue weighted by molar-refractivity contribution is -0.116. The Labute approximate surface area is 165 Å². The lowest BCUT2D eigenvalue weighted by Gasteiger charge is -2.09. The van der Waals surface area contributed by atoms with E-state index in [4.69, 9.17) is 16.3 Å². The Bertz CT molecular complexity index is 1160. The van der Waals surface area contributed by atoms with Crippen molar-refractivity contribution in [3.05, 3.63) is 50.4 Å². The molecule has 1 aromatic carbocycles. The molecular weight excluding hydrogens is 386 g/mol. The number of nitrogens with zero attached hydrogens (tertiary/aromatic N) is 4. The normalized spacial score (nSPS) is 11.0. The van der Waals surface area contributed by atoms with Gasteiger partial charge in [0.05, 0.1) is 18.5 Å². The Kier molecular flexibility index (Phi) is 5.55. The molecule has 9 nitrogen and oxygen atoms in total. The number of nitrogens with one attached hydrogen (secondary N) is 1. The summed E-state index contributed by atoms with van der Waals surface area (Å²) in [5.41, 5.74) is 0.401. The summed E-state index contributed by atoms with van der Waals surface area (Å²) in [5.74, 6) is 0.355. The van der Waals surface area contributed by atoms with E-state index in [0.717, 1.165) is 4.57 Å². The van der Waals surface area contributed by atoms with E-state index in [1.807, 2.05) is 0 Å². The fourth-order valence-corrected chi connectivity index (χ4v) is 3.20. The van der Waals surface area contributed by atoms with Gasteiger partial charge in [-0.25, -0.2) is 9.78 Å². The second-order valence-corrected chi connectivity index (χ2v) is 6.72. The molecular formula is C18H20ClN5O4. The summed E-state index contributed by atoms with van der Waals surface area (Å²) in [4.78, 5) is 40.7. The number of ether oxygens (including phenoxy) is 1. The van der Waals surface area contributed by atoms with Gasteiger partial charge in [-0.2, -0.15) is 0 Å². The number of aryl methyl sites for hydroxylation is 2. The van der Waals surface area contributed by atoms with Gasteiger partial charge in [-0.15, -0.1) is 0 Å². The SMILES string of the molecule is COc1ccc(NC(=O)CCCn2cnc3c2c(=O)n(C)c(=O)n3C)cc1Cl. The van der Waals surface area contributed by atoms with E-state index >= 15 is 0 Å². The quantitative estimate of drug-likeness (QED) is 0.670. The Morgan fingerprint density at radius 1 is 1.25 bits per heavy atom. The zero-order chi connectivity index (χ0) is 20.4. The van der Waals surface area contributed by atoms with Crippen LogP contribution in [0.15, 0.2) is 34.1 Å². The van der Waals surface area contributed by atoms with Crippen LogP contribution in [0.1, 0.15) is 12.8 Å². The van der Waals surface area contributed by atoms with Gasteiger partial charge in [0.15, 0.2) is 11.2 Å². The number of anilines is 1. The Balaban J connectivity index is 1.67. The topological polar surface area (TPSA) is 100 Å². The number of hydrogen-bond donors (Lipinski definition) is 1. The summed E-state index contributed by atoms with van der Waals surface area (Å²) in [6.07, 6.45) is 2.25. The lowest BCUT2D eigenvalue weighted by Crippen LogP contribution is -2.37. The van der Waals surface area contributed by atoms with Crippen LogP contribution in [0.2, 0.25) is 5.02 Å². The van der Waals surface area contributed by atoms with Gasteiger partial charge < -0.3 is 14.6 Å². The zero-order valence-electron chi connectivity index (χ0n) is 15.7. The third-order valence-electron chi connectivity index (χ3n) is 4.46. The first kappa shape index (κ1) is 19.7. The van der Waals surface area contributed by atoms with E-state index in [1.165, 1.54) is 25.1 Å². The predicted molar refractivity (Wildman–Crippen MR) is 106 cm³/mol. The van der Waals surface area contributed by atoms with Gasteiger partial charge in [-0.1, -0.05) is 11.6 Å². The number of benzene rings is 1. The number of amides is 1. The van der Waals surface area contributed by atoms with E-state index in [2.05, 4.69) is 10.3 Å². The van der Waals surface area contributed by atoms with Crippen LogP contribution < -0.4 is 21.3 Å². The first-order valence-electron chi connectivity index (χ1n) is 8.57. The molecule has 0 fully saturated rings. The van der Waals surface area contributed by atoms with Crippen molar-refractivity contribution in [2.75, 3.05) is 12.4 Å². The maximum atomic E-state index is 12.4. The van der Waals surface area contributed by atoms with Crippen molar-refractivity contribution >= 4 is 34.4 Å². The monoisotopic (exact) mass is 405 g/mol. The first-order valence-corrected chi connectivity index (χ1v) is 8.95. The molecule has 3 rings (SSSR count). The van der Waals surface area contributed by atoms with Gasteiger partial charge in [-0.05, 0) is 24.6 Å². The van der Waals surface area contributed by atoms with Crippen molar-refractivity contribution < 1.29 is 9.53 Å². The van der Waals surface area contributed by atoms with E-state index in [0.29, 0.717) is 40.6 Å².